The number of esters is 3. The fraction of sp³-hybridized carbons (Fsp3) is 0.903. The molecule has 2 atom stereocenters. The van der Waals surface area contributed by atoms with Crippen LogP contribution >= 0.6 is 0 Å². The van der Waals surface area contributed by atoms with Gasteiger partial charge in [0.05, 0.1) is 0 Å². The van der Waals surface area contributed by atoms with E-state index in [1.54, 1.807) is 0 Å². The molecular formula is C31H58O7. The first kappa shape index (κ1) is 36.4. The molecule has 1 N–H and O–H groups in total. The zero-order chi connectivity index (χ0) is 28.3. The maximum Gasteiger partial charge on any atom is 0.306 e. The molecule has 0 aromatic heterocycles. The van der Waals surface area contributed by atoms with E-state index >= 15 is 0 Å². The van der Waals surface area contributed by atoms with Crippen LogP contribution in [0.2, 0.25) is 0 Å². The van der Waals surface area contributed by atoms with E-state index in [9.17, 15) is 19.5 Å². The molecular weight excluding hydrogens is 484 g/mol. The van der Waals surface area contributed by atoms with Crippen molar-refractivity contribution in [3.05, 3.63) is 0 Å². The van der Waals surface area contributed by atoms with Crippen molar-refractivity contribution in [1.82, 2.24) is 0 Å². The summed E-state index contributed by atoms with van der Waals surface area (Å²) in [5.41, 5.74) is 0. The molecule has 0 fully saturated rings. The Labute approximate surface area is 232 Å². The van der Waals surface area contributed by atoms with Crippen LogP contribution in [0.15, 0.2) is 0 Å². The van der Waals surface area contributed by atoms with Crippen molar-refractivity contribution >= 4 is 17.9 Å². The first-order valence-corrected chi connectivity index (χ1v) is 15.6. The van der Waals surface area contributed by atoms with E-state index in [0.717, 1.165) is 64.2 Å². The molecule has 0 aliphatic carbocycles. The van der Waals surface area contributed by atoms with Crippen LogP contribution in [0.25, 0.3) is 0 Å². The zero-order valence-electron chi connectivity index (χ0n) is 24.8. The fourth-order valence-corrected chi connectivity index (χ4v) is 4.21. The van der Waals surface area contributed by atoms with E-state index in [1.807, 2.05) is 0 Å². The number of carbonyl (C=O) groups is 3. The van der Waals surface area contributed by atoms with Crippen molar-refractivity contribution in [3.8, 4) is 0 Å². The van der Waals surface area contributed by atoms with Gasteiger partial charge in [0.15, 0.2) is 6.10 Å². The molecule has 0 bridgehead atoms. The molecule has 224 valence electrons. The van der Waals surface area contributed by atoms with E-state index in [0.29, 0.717) is 12.8 Å². The van der Waals surface area contributed by atoms with E-state index < -0.39 is 18.2 Å². The van der Waals surface area contributed by atoms with Crippen LogP contribution in [0.3, 0.4) is 0 Å². The molecule has 0 radical (unpaired) electrons. The highest BCUT2D eigenvalue weighted by atomic mass is 16.6. The van der Waals surface area contributed by atoms with Gasteiger partial charge in [-0.15, -0.1) is 0 Å². The molecule has 0 unspecified atom stereocenters. The summed E-state index contributed by atoms with van der Waals surface area (Å²) in [6.07, 6.45) is 17.6. The van der Waals surface area contributed by atoms with E-state index in [4.69, 9.17) is 14.2 Å². The summed E-state index contributed by atoms with van der Waals surface area (Å²) in [5, 5.41) is 10.6. The Morgan fingerprint density at radius 2 is 0.842 bits per heavy atom. The number of hydrogen-bond acceptors (Lipinski definition) is 7. The zero-order valence-corrected chi connectivity index (χ0v) is 24.8. The van der Waals surface area contributed by atoms with E-state index in [1.165, 1.54) is 51.4 Å². The van der Waals surface area contributed by atoms with Crippen molar-refractivity contribution in [3.63, 3.8) is 0 Å². The molecule has 0 amide bonds. The predicted octanol–water partition coefficient (Wildman–Crippen LogP) is 7.60. The van der Waals surface area contributed by atoms with Gasteiger partial charge < -0.3 is 19.3 Å². The highest BCUT2D eigenvalue weighted by Gasteiger charge is 2.26. The van der Waals surface area contributed by atoms with Gasteiger partial charge in [-0.25, -0.2) is 0 Å². The normalized spacial score (nSPS) is 12.6. The van der Waals surface area contributed by atoms with Crippen LogP contribution in [0.1, 0.15) is 156 Å². The Hall–Kier alpha value is -1.63. The molecule has 0 aromatic rings. The Balaban J connectivity index is 4.53. The van der Waals surface area contributed by atoms with Crippen LogP contribution in [-0.4, -0.2) is 48.4 Å². The number of ether oxygens (including phenoxy) is 3. The topological polar surface area (TPSA) is 99.1 Å². The van der Waals surface area contributed by atoms with Crippen LogP contribution in [0, 0.1) is 0 Å². The van der Waals surface area contributed by atoms with Gasteiger partial charge in [0, 0.05) is 19.3 Å². The van der Waals surface area contributed by atoms with Crippen molar-refractivity contribution in [2.45, 2.75) is 168 Å². The predicted molar refractivity (Wildman–Crippen MR) is 152 cm³/mol. The Bertz CT molecular complexity index is 579. The van der Waals surface area contributed by atoms with Gasteiger partial charge in [0.25, 0.3) is 0 Å². The summed E-state index contributed by atoms with van der Waals surface area (Å²) >= 11 is 0. The van der Waals surface area contributed by atoms with Crippen LogP contribution in [0.4, 0.5) is 0 Å². The second kappa shape index (κ2) is 27.0. The minimum atomic E-state index is -1.25. The summed E-state index contributed by atoms with van der Waals surface area (Å²) < 4.78 is 16.0. The molecule has 0 saturated heterocycles. The average molecular weight is 543 g/mol. The Morgan fingerprint density at radius 3 is 1.26 bits per heavy atom. The first-order valence-electron chi connectivity index (χ1n) is 15.6. The maximum absolute atomic E-state index is 12.4. The number of carbonyl (C=O) groups excluding carboxylic acids is 3. The molecule has 38 heavy (non-hydrogen) atoms. The number of rotatable bonds is 27. The molecule has 0 rings (SSSR count). The number of hydrogen-bond donors (Lipinski definition) is 1. The Morgan fingerprint density at radius 1 is 0.500 bits per heavy atom. The minimum Gasteiger partial charge on any atom is -0.463 e. The third-order valence-corrected chi connectivity index (χ3v) is 6.74. The van der Waals surface area contributed by atoms with Gasteiger partial charge in [-0.05, 0) is 19.3 Å². The average Bonchev–Trinajstić information content (AvgIpc) is 2.91. The lowest BCUT2D eigenvalue weighted by Crippen LogP contribution is -2.39. The first-order chi connectivity index (χ1) is 18.4. The summed E-state index contributed by atoms with van der Waals surface area (Å²) in [5.74, 6) is -1.18. The minimum absolute atomic E-state index is 0.243. The summed E-state index contributed by atoms with van der Waals surface area (Å²) in [6.45, 7) is 5.96. The van der Waals surface area contributed by atoms with Crippen molar-refractivity contribution in [2.75, 3.05) is 13.2 Å². The monoisotopic (exact) mass is 542 g/mol. The van der Waals surface area contributed by atoms with Gasteiger partial charge in [0.2, 0.25) is 0 Å². The lowest BCUT2D eigenvalue weighted by molar-refractivity contribution is -0.171. The standard InChI is InChI=1S/C31H58O7/c1-4-7-10-13-16-19-22-29(33)36-25-27(32)28(38-31(35)24-21-18-15-12-9-6-3)26-37-30(34)23-20-17-14-11-8-5-2/h27-28,32H,4-26H2,1-3H3/t27-,28+/m1/s1. The number of unbranched alkanes of at least 4 members (excludes halogenated alkanes) is 15. The molecule has 0 aliphatic rings. The van der Waals surface area contributed by atoms with E-state index in [-0.39, 0.29) is 31.6 Å². The van der Waals surface area contributed by atoms with Crippen LogP contribution < -0.4 is 0 Å². The molecule has 0 heterocycles. The molecule has 7 heteroatoms. The van der Waals surface area contributed by atoms with Gasteiger partial charge in [0.1, 0.15) is 19.3 Å². The van der Waals surface area contributed by atoms with E-state index in [2.05, 4.69) is 20.8 Å². The van der Waals surface area contributed by atoms with Crippen molar-refractivity contribution in [2.24, 2.45) is 0 Å². The van der Waals surface area contributed by atoms with Gasteiger partial charge in [-0.3, -0.25) is 14.4 Å². The fourth-order valence-electron chi connectivity index (χ4n) is 4.21. The lowest BCUT2D eigenvalue weighted by Gasteiger charge is -2.23. The molecule has 0 saturated carbocycles. The van der Waals surface area contributed by atoms with Crippen LogP contribution in [0.5, 0.6) is 0 Å². The SMILES string of the molecule is CCCCCCCCC(=O)OC[C@@H](O)[C@H](COC(=O)CCCCCCCC)OC(=O)CCCCCCCC. The van der Waals surface area contributed by atoms with Crippen molar-refractivity contribution < 1.29 is 33.7 Å². The highest BCUT2D eigenvalue weighted by molar-refractivity contribution is 5.70. The quantitative estimate of drug-likeness (QED) is 0.0648. The van der Waals surface area contributed by atoms with Gasteiger partial charge in [-0.2, -0.15) is 0 Å². The largest absolute Gasteiger partial charge is 0.463 e. The maximum atomic E-state index is 12.4. The van der Waals surface area contributed by atoms with Gasteiger partial charge >= 0.3 is 17.9 Å². The van der Waals surface area contributed by atoms with Gasteiger partial charge in [-0.1, -0.05) is 117 Å². The molecule has 0 spiro atoms. The summed E-state index contributed by atoms with van der Waals surface area (Å²) in [4.78, 5) is 36.7. The third kappa shape index (κ3) is 23.5. The second-order valence-corrected chi connectivity index (χ2v) is 10.5. The third-order valence-electron chi connectivity index (χ3n) is 6.74. The smallest absolute Gasteiger partial charge is 0.306 e. The lowest BCUT2D eigenvalue weighted by atomic mass is 10.1. The molecule has 7 nitrogen and oxygen atoms in total. The summed E-state index contributed by atoms with van der Waals surface area (Å²) in [6, 6.07) is 0. The second-order valence-electron chi connectivity index (χ2n) is 10.5. The Kier molecular flexibility index (Phi) is 25.8. The summed E-state index contributed by atoms with van der Waals surface area (Å²) in [7, 11) is 0. The number of aliphatic hydroxyl groups excluding tert-OH is 1. The molecule has 0 aromatic carbocycles. The number of aliphatic hydroxyl groups is 1. The van der Waals surface area contributed by atoms with Crippen LogP contribution in [-0.2, 0) is 28.6 Å². The highest BCUT2D eigenvalue weighted by Crippen LogP contribution is 2.12. The van der Waals surface area contributed by atoms with Crippen molar-refractivity contribution in [1.29, 1.82) is 0 Å². The molecule has 0 aliphatic heterocycles.